The van der Waals surface area contributed by atoms with Crippen LogP contribution in [0.3, 0.4) is 0 Å². The number of rotatable bonds is 5. The highest BCUT2D eigenvalue weighted by molar-refractivity contribution is 14.0. The first-order valence-corrected chi connectivity index (χ1v) is 9.95. The Labute approximate surface area is 190 Å². The van der Waals surface area contributed by atoms with Gasteiger partial charge in [-0.05, 0) is 31.9 Å². The molecule has 0 saturated carbocycles. The zero-order valence-electron chi connectivity index (χ0n) is 17.9. The SMILES string of the molecule is CCOc1cc2c(cc1CNC(=NC)N1CC(C)C(C(=O)OC)C1)OC(C)C2.I. The fourth-order valence-corrected chi connectivity index (χ4v) is 4.01. The first-order valence-electron chi connectivity index (χ1n) is 9.95. The van der Waals surface area contributed by atoms with Crippen molar-refractivity contribution in [1.82, 2.24) is 10.2 Å². The maximum absolute atomic E-state index is 12.0. The van der Waals surface area contributed by atoms with E-state index in [9.17, 15) is 4.79 Å². The summed E-state index contributed by atoms with van der Waals surface area (Å²) in [7, 11) is 3.20. The number of guanidine groups is 1. The van der Waals surface area contributed by atoms with Gasteiger partial charge in [0.15, 0.2) is 5.96 Å². The number of aliphatic imine (C=N–C) groups is 1. The smallest absolute Gasteiger partial charge is 0.310 e. The van der Waals surface area contributed by atoms with E-state index in [4.69, 9.17) is 14.2 Å². The Morgan fingerprint density at radius 3 is 2.76 bits per heavy atom. The molecule has 0 aliphatic carbocycles. The van der Waals surface area contributed by atoms with E-state index in [1.807, 2.05) is 6.92 Å². The molecule has 3 unspecified atom stereocenters. The number of hydrogen-bond acceptors (Lipinski definition) is 5. The molecule has 1 aromatic carbocycles. The molecule has 29 heavy (non-hydrogen) atoms. The second-order valence-corrected chi connectivity index (χ2v) is 7.55. The molecule has 0 aromatic heterocycles. The van der Waals surface area contributed by atoms with E-state index in [1.54, 1.807) is 7.05 Å². The van der Waals surface area contributed by atoms with Crippen molar-refractivity contribution in [2.75, 3.05) is 33.9 Å². The highest BCUT2D eigenvalue weighted by Crippen LogP contribution is 2.35. The number of carbonyl (C=O) groups is 1. The van der Waals surface area contributed by atoms with Gasteiger partial charge in [0, 0.05) is 44.2 Å². The predicted octanol–water partition coefficient (Wildman–Crippen LogP) is 2.84. The van der Waals surface area contributed by atoms with E-state index in [1.165, 1.54) is 12.7 Å². The first-order chi connectivity index (χ1) is 13.5. The summed E-state index contributed by atoms with van der Waals surface area (Å²) in [6, 6.07) is 4.15. The topological polar surface area (TPSA) is 72.4 Å². The number of nitrogens with zero attached hydrogens (tertiary/aromatic N) is 2. The van der Waals surface area contributed by atoms with Crippen molar-refractivity contribution in [1.29, 1.82) is 0 Å². The van der Waals surface area contributed by atoms with E-state index in [0.717, 1.165) is 36.0 Å². The zero-order valence-corrected chi connectivity index (χ0v) is 20.2. The minimum atomic E-state index is -0.158. The van der Waals surface area contributed by atoms with Crippen molar-refractivity contribution in [3.63, 3.8) is 0 Å². The van der Waals surface area contributed by atoms with Gasteiger partial charge in [0.1, 0.15) is 17.6 Å². The molecule has 7 nitrogen and oxygen atoms in total. The van der Waals surface area contributed by atoms with E-state index < -0.39 is 0 Å². The second kappa shape index (κ2) is 10.4. The number of hydrogen-bond donors (Lipinski definition) is 1. The molecule has 2 heterocycles. The fraction of sp³-hybridized carbons (Fsp3) is 0.619. The highest BCUT2D eigenvalue weighted by atomic mass is 127. The average Bonchev–Trinajstić information content (AvgIpc) is 3.23. The van der Waals surface area contributed by atoms with Crippen LogP contribution in [0.2, 0.25) is 0 Å². The van der Waals surface area contributed by atoms with Gasteiger partial charge in [-0.25, -0.2) is 0 Å². The largest absolute Gasteiger partial charge is 0.494 e. The maximum atomic E-state index is 12.0. The Morgan fingerprint density at radius 1 is 1.34 bits per heavy atom. The first kappa shape index (κ1) is 23.6. The van der Waals surface area contributed by atoms with Crippen molar-refractivity contribution in [2.24, 2.45) is 16.8 Å². The predicted molar refractivity (Wildman–Crippen MR) is 123 cm³/mol. The zero-order chi connectivity index (χ0) is 20.3. The van der Waals surface area contributed by atoms with E-state index >= 15 is 0 Å². The van der Waals surface area contributed by atoms with Crippen molar-refractivity contribution < 1.29 is 19.0 Å². The van der Waals surface area contributed by atoms with Gasteiger partial charge in [0.2, 0.25) is 0 Å². The highest BCUT2D eigenvalue weighted by Gasteiger charge is 2.37. The fourth-order valence-electron chi connectivity index (χ4n) is 4.01. The lowest BCUT2D eigenvalue weighted by Crippen LogP contribution is -2.40. The van der Waals surface area contributed by atoms with Gasteiger partial charge in [-0.15, -0.1) is 24.0 Å². The van der Waals surface area contributed by atoms with Crippen LogP contribution in [0.4, 0.5) is 0 Å². The molecule has 1 fully saturated rings. The number of ether oxygens (including phenoxy) is 3. The molecule has 2 aliphatic rings. The summed E-state index contributed by atoms with van der Waals surface area (Å²) in [5.74, 6) is 2.52. The number of likely N-dealkylation sites (tertiary alicyclic amines) is 1. The van der Waals surface area contributed by atoms with Crippen LogP contribution in [0.25, 0.3) is 0 Å². The lowest BCUT2D eigenvalue weighted by Gasteiger charge is -2.22. The number of carbonyl (C=O) groups excluding carboxylic acids is 1. The van der Waals surface area contributed by atoms with Crippen molar-refractivity contribution in [3.05, 3.63) is 23.3 Å². The van der Waals surface area contributed by atoms with Crippen molar-refractivity contribution in [3.8, 4) is 11.5 Å². The number of fused-ring (bicyclic) bond motifs is 1. The number of halogens is 1. The lowest BCUT2D eigenvalue weighted by molar-refractivity contribution is -0.145. The third-order valence-electron chi connectivity index (χ3n) is 5.44. The molecule has 3 atom stereocenters. The van der Waals surface area contributed by atoms with E-state index in [0.29, 0.717) is 19.7 Å². The van der Waals surface area contributed by atoms with Crippen LogP contribution in [-0.4, -0.2) is 56.8 Å². The van der Waals surface area contributed by atoms with Crippen LogP contribution in [0.1, 0.15) is 31.9 Å². The maximum Gasteiger partial charge on any atom is 0.310 e. The molecule has 1 aromatic rings. The van der Waals surface area contributed by atoms with Crippen LogP contribution in [0, 0.1) is 11.8 Å². The summed E-state index contributed by atoms with van der Waals surface area (Å²) in [5, 5.41) is 3.42. The standard InChI is InChI=1S/C21H31N3O4.HI/c1-6-27-18-8-15-7-14(3)28-19(15)9-16(18)10-23-21(22-4)24-11-13(2)17(12-24)20(25)26-5;/h8-9,13-14,17H,6-7,10-12H2,1-5H3,(H,22,23);1H. The van der Waals surface area contributed by atoms with Crippen molar-refractivity contribution >= 4 is 35.9 Å². The molecule has 1 N–H and O–H groups in total. The van der Waals surface area contributed by atoms with Gasteiger partial charge in [0.05, 0.1) is 19.6 Å². The molecular formula is C21H32IN3O4. The summed E-state index contributed by atoms with van der Waals surface area (Å²) < 4.78 is 16.7. The number of esters is 1. The summed E-state index contributed by atoms with van der Waals surface area (Å²) in [5.41, 5.74) is 2.23. The normalized spacial score (nSPS) is 23.1. The molecule has 1 saturated heterocycles. The van der Waals surface area contributed by atoms with Crippen LogP contribution < -0.4 is 14.8 Å². The van der Waals surface area contributed by atoms with Crippen LogP contribution in [-0.2, 0) is 22.5 Å². The summed E-state index contributed by atoms with van der Waals surface area (Å²) in [6.07, 6.45) is 1.10. The molecule has 3 rings (SSSR count). The monoisotopic (exact) mass is 517 g/mol. The Bertz CT molecular complexity index is 756. The molecule has 0 radical (unpaired) electrons. The quantitative estimate of drug-likeness (QED) is 0.281. The third kappa shape index (κ3) is 5.26. The number of nitrogens with one attached hydrogen (secondary N) is 1. The number of benzene rings is 1. The van der Waals surface area contributed by atoms with Crippen LogP contribution in [0.5, 0.6) is 11.5 Å². The minimum Gasteiger partial charge on any atom is -0.494 e. The summed E-state index contributed by atoms with van der Waals surface area (Å²) >= 11 is 0. The Hall–Kier alpha value is -1.71. The van der Waals surface area contributed by atoms with Gasteiger partial charge < -0.3 is 24.4 Å². The molecular weight excluding hydrogens is 485 g/mol. The Morgan fingerprint density at radius 2 is 2.10 bits per heavy atom. The van der Waals surface area contributed by atoms with Crippen molar-refractivity contribution in [2.45, 2.75) is 39.8 Å². The molecule has 162 valence electrons. The van der Waals surface area contributed by atoms with E-state index in [2.05, 4.69) is 41.2 Å². The third-order valence-corrected chi connectivity index (χ3v) is 5.44. The Kier molecular flexibility index (Phi) is 8.42. The average molecular weight is 517 g/mol. The number of methoxy groups -OCH3 is 1. The van der Waals surface area contributed by atoms with Gasteiger partial charge in [-0.2, -0.15) is 0 Å². The van der Waals surface area contributed by atoms with Gasteiger partial charge in [0.25, 0.3) is 0 Å². The van der Waals surface area contributed by atoms with Gasteiger partial charge >= 0.3 is 5.97 Å². The Balaban J connectivity index is 0.00000300. The van der Waals surface area contributed by atoms with Gasteiger partial charge in [-0.1, -0.05) is 6.92 Å². The molecule has 2 aliphatic heterocycles. The minimum absolute atomic E-state index is 0. The van der Waals surface area contributed by atoms with Crippen LogP contribution in [0.15, 0.2) is 17.1 Å². The van der Waals surface area contributed by atoms with E-state index in [-0.39, 0.29) is 47.9 Å². The summed E-state index contributed by atoms with van der Waals surface area (Å²) in [6.45, 7) is 8.69. The molecule has 8 heteroatoms. The molecule has 0 spiro atoms. The lowest BCUT2D eigenvalue weighted by atomic mass is 9.99. The van der Waals surface area contributed by atoms with Crippen LogP contribution >= 0.6 is 24.0 Å². The second-order valence-electron chi connectivity index (χ2n) is 7.55. The van der Waals surface area contributed by atoms with Gasteiger partial charge in [-0.3, -0.25) is 9.79 Å². The summed E-state index contributed by atoms with van der Waals surface area (Å²) in [4.78, 5) is 18.5. The molecule has 0 amide bonds. The molecule has 0 bridgehead atoms.